The number of aliphatic hydroxyl groups excluding tert-OH is 1. The Morgan fingerprint density at radius 2 is 2.00 bits per heavy atom. The van der Waals surface area contributed by atoms with Crippen LogP contribution in [0.3, 0.4) is 0 Å². The van der Waals surface area contributed by atoms with E-state index in [0.29, 0.717) is 18.8 Å². The number of nitrogens with zero attached hydrogens (tertiary/aromatic N) is 1. The zero-order chi connectivity index (χ0) is 22.5. The molecule has 1 N–H and O–H groups in total. The predicted octanol–water partition coefficient (Wildman–Crippen LogP) is 4.69. The molecule has 1 aromatic heterocycles. The minimum atomic E-state index is -0.676. The Hall–Kier alpha value is -2.64. The molecule has 1 amide bonds. The molecule has 0 bridgehead atoms. The van der Waals surface area contributed by atoms with Crippen LogP contribution in [0.5, 0.6) is 5.75 Å². The summed E-state index contributed by atoms with van der Waals surface area (Å²) in [4.78, 5) is 28.1. The van der Waals surface area contributed by atoms with Gasteiger partial charge in [0.25, 0.3) is 11.7 Å². The quantitative estimate of drug-likeness (QED) is 0.346. The van der Waals surface area contributed by atoms with Gasteiger partial charge in [0.05, 0.1) is 30.9 Å². The fourth-order valence-electron chi connectivity index (χ4n) is 3.57. The Morgan fingerprint density at radius 1 is 1.23 bits per heavy atom. The number of aryl methyl sites for hydroxylation is 1. The monoisotopic (exact) mass is 443 g/mol. The molecule has 1 unspecified atom stereocenters. The largest absolute Gasteiger partial charge is 0.507 e. The van der Waals surface area contributed by atoms with Gasteiger partial charge in [0, 0.05) is 17.0 Å². The zero-order valence-electron chi connectivity index (χ0n) is 18.4. The number of carbonyl (C=O) groups is 2. The minimum absolute atomic E-state index is 0.0217. The molecule has 7 heteroatoms. The Bertz CT molecular complexity index is 964. The molecule has 0 saturated carbocycles. The second kappa shape index (κ2) is 10.1. The minimum Gasteiger partial charge on any atom is -0.507 e. The van der Waals surface area contributed by atoms with Crippen LogP contribution in [-0.2, 0) is 14.3 Å². The lowest BCUT2D eigenvalue weighted by atomic mass is 9.99. The summed E-state index contributed by atoms with van der Waals surface area (Å²) in [6, 6.07) is 8.39. The van der Waals surface area contributed by atoms with Crippen molar-refractivity contribution in [2.24, 2.45) is 0 Å². The van der Waals surface area contributed by atoms with E-state index in [1.807, 2.05) is 45.2 Å². The van der Waals surface area contributed by atoms with Crippen LogP contribution in [0.15, 0.2) is 41.3 Å². The number of carbonyl (C=O) groups excluding carboxylic acids is 2. The van der Waals surface area contributed by atoms with E-state index in [-0.39, 0.29) is 24.0 Å². The van der Waals surface area contributed by atoms with Crippen molar-refractivity contribution < 1.29 is 24.2 Å². The number of hydrogen-bond acceptors (Lipinski definition) is 6. The summed E-state index contributed by atoms with van der Waals surface area (Å²) < 4.78 is 11.3. The van der Waals surface area contributed by atoms with Crippen molar-refractivity contribution in [3.63, 3.8) is 0 Å². The van der Waals surface area contributed by atoms with Crippen LogP contribution in [0, 0.1) is 6.92 Å². The van der Waals surface area contributed by atoms with Crippen molar-refractivity contribution in [2.45, 2.75) is 46.3 Å². The van der Waals surface area contributed by atoms with Gasteiger partial charge >= 0.3 is 0 Å². The van der Waals surface area contributed by atoms with Crippen molar-refractivity contribution in [1.82, 2.24) is 4.90 Å². The number of ether oxygens (including phenoxy) is 2. The average Bonchev–Trinajstić information content (AvgIpc) is 3.34. The van der Waals surface area contributed by atoms with E-state index in [2.05, 4.69) is 0 Å². The lowest BCUT2D eigenvalue weighted by Crippen LogP contribution is -2.33. The molecule has 2 heterocycles. The van der Waals surface area contributed by atoms with Gasteiger partial charge in [0.2, 0.25) is 0 Å². The standard InChI is InChI=1S/C24H29NO5S/c1-5-11-30-18-9-8-17(14-16(18)4)22(26)20-21(19-7-6-13-31-19)25(24(28)23(20)27)10-12-29-15(2)3/h6-9,13-15,21,26H,5,10-12H2,1-4H3/b22-20-. The third kappa shape index (κ3) is 4.99. The highest BCUT2D eigenvalue weighted by molar-refractivity contribution is 7.10. The number of hydrogen-bond donors (Lipinski definition) is 1. The highest BCUT2D eigenvalue weighted by Crippen LogP contribution is 2.41. The smallest absolute Gasteiger partial charge is 0.295 e. The van der Waals surface area contributed by atoms with Gasteiger partial charge in [-0.1, -0.05) is 13.0 Å². The van der Waals surface area contributed by atoms with Gasteiger partial charge in [-0.2, -0.15) is 0 Å². The number of rotatable bonds is 9. The van der Waals surface area contributed by atoms with Crippen LogP contribution in [0.2, 0.25) is 0 Å². The van der Waals surface area contributed by atoms with Gasteiger partial charge in [0.15, 0.2) is 0 Å². The van der Waals surface area contributed by atoms with Gasteiger partial charge < -0.3 is 19.5 Å². The number of likely N-dealkylation sites (tertiary alicyclic amines) is 1. The van der Waals surface area contributed by atoms with Gasteiger partial charge in [-0.25, -0.2) is 0 Å². The van der Waals surface area contributed by atoms with E-state index in [1.54, 1.807) is 18.2 Å². The van der Waals surface area contributed by atoms with Crippen molar-refractivity contribution >= 4 is 28.8 Å². The lowest BCUT2D eigenvalue weighted by molar-refractivity contribution is -0.140. The Balaban J connectivity index is 2.00. The maximum Gasteiger partial charge on any atom is 0.295 e. The summed E-state index contributed by atoms with van der Waals surface area (Å²) in [5.41, 5.74) is 1.45. The van der Waals surface area contributed by atoms with E-state index in [9.17, 15) is 14.7 Å². The third-order valence-corrected chi connectivity index (χ3v) is 5.97. The summed E-state index contributed by atoms with van der Waals surface area (Å²) in [6.07, 6.45) is 0.916. The molecule has 1 atom stereocenters. The molecule has 3 rings (SSSR count). The fraction of sp³-hybridized carbons (Fsp3) is 0.417. The second-order valence-electron chi connectivity index (χ2n) is 7.76. The van der Waals surface area contributed by atoms with Crippen LogP contribution >= 0.6 is 11.3 Å². The topological polar surface area (TPSA) is 76.1 Å². The van der Waals surface area contributed by atoms with Crippen LogP contribution in [0.25, 0.3) is 5.76 Å². The zero-order valence-corrected chi connectivity index (χ0v) is 19.2. The number of amides is 1. The molecule has 1 aliphatic heterocycles. The Labute approximate surface area is 187 Å². The first kappa shape index (κ1) is 23.0. The Kier molecular flexibility index (Phi) is 7.51. The first-order valence-electron chi connectivity index (χ1n) is 10.5. The highest BCUT2D eigenvalue weighted by Gasteiger charge is 2.46. The Morgan fingerprint density at radius 3 is 2.61 bits per heavy atom. The first-order valence-corrected chi connectivity index (χ1v) is 11.4. The number of aliphatic hydroxyl groups is 1. The molecule has 1 aromatic carbocycles. The van der Waals surface area contributed by atoms with Crippen LogP contribution in [0.4, 0.5) is 0 Å². The van der Waals surface area contributed by atoms with E-state index >= 15 is 0 Å². The van der Waals surface area contributed by atoms with Gasteiger partial charge in [-0.3, -0.25) is 9.59 Å². The molecule has 166 valence electrons. The molecular formula is C24H29NO5S. The van der Waals surface area contributed by atoms with E-state index in [0.717, 1.165) is 22.6 Å². The normalized spacial score (nSPS) is 18.2. The van der Waals surface area contributed by atoms with Crippen molar-refractivity contribution in [2.75, 3.05) is 19.8 Å². The molecule has 6 nitrogen and oxygen atoms in total. The third-order valence-electron chi connectivity index (χ3n) is 5.05. The van der Waals surface area contributed by atoms with Crippen molar-refractivity contribution in [3.8, 4) is 5.75 Å². The number of Topliss-reactive ketones (excluding diaryl/α,β-unsaturated/α-hetero) is 1. The predicted molar refractivity (Wildman–Crippen MR) is 121 cm³/mol. The van der Waals surface area contributed by atoms with Crippen LogP contribution < -0.4 is 4.74 Å². The van der Waals surface area contributed by atoms with Crippen LogP contribution in [-0.4, -0.2) is 47.6 Å². The molecule has 0 radical (unpaired) electrons. The summed E-state index contributed by atoms with van der Waals surface area (Å²) >= 11 is 1.45. The molecule has 31 heavy (non-hydrogen) atoms. The lowest BCUT2D eigenvalue weighted by Gasteiger charge is -2.24. The average molecular weight is 444 g/mol. The van der Waals surface area contributed by atoms with Gasteiger partial charge in [0.1, 0.15) is 11.5 Å². The molecule has 0 aliphatic carbocycles. The fourth-order valence-corrected chi connectivity index (χ4v) is 4.41. The summed E-state index contributed by atoms with van der Waals surface area (Å²) in [5, 5.41) is 13.0. The van der Waals surface area contributed by atoms with E-state index in [4.69, 9.17) is 9.47 Å². The summed E-state index contributed by atoms with van der Waals surface area (Å²) in [6.45, 7) is 8.95. The molecule has 1 aliphatic rings. The number of ketones is 1. The second-order valence-corrected chi connectivity index (χ2v) is 8.74. The number of thiophene rings is 1. The number of benzene rings is 1. The molecule has 2 aromatic rings. The maximum absolute atomic E-state index is 13.0. The molecule has 1 saturated heterocycles. The van der Waals surface area contributed by atoms with Crippen molar-refractivity contribution in [3.05, 3.63) is 57.3 Å². The maximum atomic E-state index is 13.0. The van der Waals surface area contributed by atoms with Crippen molar-refractivity contribution in [1.29, 1.82) is 0 Å². The van der Waals surface area contributed by atoms with Gasteiger partial charge in [-0.15, -0.1) is 11.3 Å². The summed E-state index contributed by atoms with van der Waals surface area (Å²) in [7, 11) is 0. The van der Waals surface area contributed by atoms with Gasteiger partial charge in [-0.05, 0) is 62.4 Å². The SMILES string of the molecule is CCCOc1ccc(/C(O)=C2/C(=O)C(=O)N(CCOC(C)C)C2c2cccs2)cc1C. The van der Waals surface area contributed by atoms with E-state index in [1.165, 1.54) is 16.2 Å². The molecule has 1 fully saturated rings. The summed E-state index contributed by atoms with van der Waals surface area (Å²) in [5.74, 6) is -0.731. The van der Waals surface area contributed by atoms with Crippen LogP contribution in [0.1, 0.15) is 49.2 Å². The van der Waals surface area contributed by atoms with E-state index < -0.39 is 17.7 Å². The molecule has 0 spiro atoms. The molecular weight excluding hydrogens is 414 g/mol. The highest BCUT2D eigenvalue weighted by atomic mass is 32.1. The first-order chi connectivity index (χ1) is 14.8.